The van der Waals surface area contributed by atoms with Crippen molar-refractivity contribution in [1.29, 1.82) is 0 Å². The van der Waals surface area contributed by atoms with Crippen molar-refractivity contribution in [1.82, 2.24) is 9.55 Å². The van der Waals surface area contributed by atoms with Crippen molar-refractivity contribution in [3.05, 3.63) is 32.1 Å². The van der Waals surface area contributed by atoms with Gasteiger partial charge in [-0.3, -0.25) is 14.3 Å². The predicted octanol–water partition coefficient (Wildman–Crippen LogP) is 0.160. The number of aromatic nitrogens is 2. The average Bonchev–Trinajstić information content (AvgIpc) is 1.96. The van der Waals surface area contributed by atoms with Crippen LogP contribution in [0.2, 0.25) is 5.15 Å². The maximum absolute atomic E-state index is 11.8. The van der Waals surface area contributed by atoms with Crippen molar-refractivity contribution < 1.29 is 4.39 Å². The second-order valence-electron chi connectivity index (χ2n) is 2.10. The van der Waals surface area contributed by atoms with Gasteiger partial charge in [-0.15, -0.1) is 0 Å². The molecule has 0 aliphatic rings. The van der Waals surface area contributed by atoms with Crippen molar-refractivity contribution in [2.75, 3.05) is 6.67 Å². The largest absolute Gasteiger partial charge is 0.329 e. The summed E-state index contributed by atoms with van der Waals surface area (Å²) in [4.78, 5) is 24.0. The Morgan fingerprint density at radius 2 is 2.25 bits per heavy atom. The molecule has 6 heteroatoms. The quantitative estimate of drug-likeness (QED) is 0.679. The number of nitrogens with zero attached hydrogens (tertiary/aromatic N) is 1. The van der Waals surface area contributed by atoms with Gasteiger partial charge in [0.2, 0.25) is 0 Å². The van der Waals surface area contributed by atoms with Gasteiger partial charge in [0, 0.05) is 6.07 Å². The van der Waals surface area contributed by atoms with Crippen LogP contribution in [0.25, 0.3) is 0 Å². The molecule has 0 saturated heterocycles. The molecule has 0 spiro atoms. The molecule has 0 amide bonds. The Morgan fingerprint density at radius 1 is 1.58 bits per heavy atom. The van der Waals surface area contributed by atoms with E-state index in [9.17, 15) is 14.0 Å². The first-order valence-electron chi connectivity index (χ1n) is 3.21. The molecule has 0 aromatic carbocycles. The number of halogens is 2. The SMILES string of the molecule is O=c1cc(Cl)[nH]c(=O)n1CCF. The van der Waals surface area contributed by atoms with Crippen LogP contribution in [-0.2, 0) is 6.54 Å². The molecular formula is C6H6ClFN2O2. The van der Waals surface area contributed by atoms with Gasteiger partial charge in [0.05, 0.1) is 6.54 Å². The zero-order chi connectivity index (χ0) is 9.14. The first-order valence-corrected chi connectivity index (χ1v) is 3.58. The summed E-state index contributed by atoms with van der Waals surface area (Å²) >= 11 is 5.36. The van der Waals surface area contributed by atoms with Gasteiger partial charge in [0.25, 0.3) is 5.56 Å². The predicted molar refractivity (Wildman–Crippen MR) is 42.3 cm³/mol. The van der Waals surface area contributed by atoms with E-state index in [1.165, 1.54) is 0 Å². The molecular weight excluding hydrogens is 187 g/mol. The fraction of sp³-hybridized carbons (Fsp3) is 0.333. The van der Waals surface area contributed by atoms with Crippen LogP contribution in [-0.4, -0.2) is 16.2 Å². The summed E-state index contributed by atoms with van der Waals surface area (Å²) in [5.41, 5.74) is -1.29. The topological polar surface area (TPSA) is 54.9 Å². The molecule has 0 unspecified atom stereocenters. The smallest absolute Gasteiger partial charge is 0.298 e. The fourth-order valence-corrected chi connectivity index (χ4v) is 0.963. The van der Waals surface area contributed by atoms with Crippen molar-refractivity contribution in [2.45, 2.75) is 6.54 Å². The van der Waals surface area contributed by atoms with E-state index in [-0.39, 0.29) is 11.7 Å². The molecule has 0 fully saturated rings. The molecule has 0 saturated carbocycles. The fourth-order valence-electron chi connectivity index (χ4n) is 0.788. The second-order valence-corrected chi connectivity index (χ2v) is 2.51. The molecule has 1 heterocycles. The monoisotopic (exact) mass is 192 g/mol. The van der Waals surface area contributed by atoms with Crippen LogP contribution in [0.1, 0.15) is 0 Å². The summed E-state index contributed by atoms with van der Waals surface area (Å²) < 4.78 is 12.5. The van der Waals surface area contributed by atoms with Gasteiger partial charge in [-0.25, -0.2) is 9.18 Å². The summed E-state index contributed by atoms with van der Waals surface area (Å²) in [6.45, 7) is -1.00. The van der Waals surface area contributed by atoms with Gasteiger partial charge >= 0.3 is 5.69 Å². The van der Waals surface area contributed by atoms with Gasteiger partial charge in [-0.05, 0) is 0 Å². The van der Waals surface area contributed by atoms with Crippen LogP contribution >= 0.6 is 11.6 Å². The third kappa shape index (κ3) is 1.73. The van der Waals surface area contributed by atoms with E-state index in [0.29, 0.717) is 0 Å². The normalized spacial score (nSPS) is 10.2. The Bertz CT molecular complexity index is 353. The van der Waals surface area contributed by atoms with Gasteiger partial charge in [-0.1, -0.05) is 11.6 Å². The summed E-state index contributed by atoms with van der Waals surface area (Å²) in [7, 11) is 0. The number of hydrogen-bond acceptors (Lipinski definition) is 2. The summed E-state index contributed by atoms with van der Waals surface area (Å²) in [6.07, 6.45) is 0. The van der Waals surface area contributed by atoms with E-state index >= 15 is 0 Å². The first kappa shape index (κ1) is 8.99. The number of rotatable bonds is 2. The molecule has 0 bridgehead atoms. The highest BCUT2D eigenvalue weighted by Gasteiger charge is 2.01. The third-order valence-electron chi connectivity index (χ3n) is 1.30. The Morgan fingerprint density at radius 3 is 2.75 bits per heavy atom. The summed E-state index contributed by atoms with van der Waals surface area (Å²) in [5.74, 6) is 0. The Labute approximate surface area is 71.6 Å². The second kappa shape index (κ2) is 3.53. The van der Waals surface area contributed by atoms with E-state index in [1.54, 1.807) is 0 Å². The Kier molecular flexibility index (Phi) is 2.65. The lowest BCUT2D eigenvalue weighted by molar-refractivity contribution is 0.432. The Balaban J connectivity index is 3.29. The van der Waals surface area contributed by atoms with Crippen LogP contribution in [0.5, 0.6) is 0 Å². The van der Waals surface area contributed by atoms with Crippen LogP contribution in [0.4, 0.5) is 4.39 Å². The summed E-state index contributed by atoms with van der Waals surface area (Å²) in [6, 6.07) is 1.03. The molecule has 12 heavy (non-hydrogen) atoms. The molecule has 0 atom stereocenters. The van der Waals surface area contributed by atoms with E-state index in [4.69, 9.17) is 11.6 Å². The van der Waals surface area contributed by atoms with Crippen molar-refractivity contribution in [2.24, 2.45) is 0 Å². The molecule has 1 N–H and O–H groups in total. The van der Waals surface area contributed by atoms with E-state index in [2.05, 4.69) is 4.98 Å². The van der Waals surface area contributed by atoms with Gasteiger partial charge in [-0.2, -0.15) is 0 Å². The first-order chi connectivity index (χ1) is 5.65. The number of alkyl halides is 1. The molecule has 1 rings (SSSR count). The minimum Gasteiger partial charge on any atom is -0.298 e. The van der Waals surface area contributed by atoms with E-state index < -0.39 is 17.9 Å². The Hall–Kier alpha value is -1.10. The third-order valence-corrected chi connectivity index (χ3v) is 1.50. The van der Waals surface area contributed by atoms with Crippen molar-refractivity contribution in [3.63, 3.8) is 0 Å². The van der Waals surface area contributed by atoms with Crippen LogP contribution in [0.3, 0.4) is 0 Å². The maximum atomic E-state index is 11.8. The zero-order valence-corrected chi connectivity index (χ0v) is 6.77. The van der Waals surface area contributed by atoms with Gasteiger partial charge < -0.3 is 0 Å². The molecule has 0 aliphatic heterocycles. The number of hydrogen-bond donors (Lipinski definition) is 1. The minimum atomic E-state index is -0.759. The maximum Gasteiger partial charge on any atom is 0.329 e. The lowest BCUT2D eigenvalue weighted by atomic mass is 10.6. The molecule has 66 valence electrons. The lowest BCUT2D eigenvalue weighted by Crippen LogP contribution is -2.34. The highest BCUT2D eigenvalue weighted by molar-refractivity contribution is 6.29. The lowest BCUT2D eigenvalue weighted by Gasteiger charge is -1.99. The van der Waals surface area contributed by atoms with Crippen molar-refractivity contribution >= 4 is 11.6 Å². The molecule has 0 aliphatic carbocycles. The van der Waals surface area contributed by atoms with Crippen LogP contribution in [0, 0.1) is 0 Å². The highest BCUT2D eigenvalue weighted by atomic mass is 35.5. The number of aromatic amines is 1. The van der Waals surface area contributed by atoms with Gasteiger partial charge in [0.1, 0.15) is 11.8 Å². The highest BCUT2D eigenvalue weighted by Crippen LogP contribution is 1.93. The zero-order valence-electron chi connectivity index (χ0n) is 6.01. The molecule has 1 aromatic rings. The molecule has 0 radical (unpaired) electrons. The van der Waals surface area contributed by atoms with Crippen LogP contribution < -0.4 is 11.2 Å². The van der Waals surface area contributed by atoms with Gasteiger partial charge in [0.15, 0.2) is 0 Å². The minimum absolute atomic E-state index is 0.0416. The van der Waals surface area contributed by atoms with E-state index in [1.807, 2.05) is 0 Å². The molecule has 1 aromatic heterocycles. The van der Waals surface area contributed by atoms with E-state index in [0.717, 1.165) is 10.6 Å². The number of H-pyrrole nitrogens is 1. The molecule has 4 nitrogen and oxygen atoms in total. The standard InChI is InChI=1S/C6H6ClFN2O2/c7-4-3-5(11)10(2-1-8)6(12)9-4/h3H,1-2H2,(H,9,12). The van der Waals surface area contributed by atoms with Crippen LogP contribution in [0.15, 0.2) is 15.7 Å². The summed E-state index contributed by atoms with van der Waals surface area (Å²) in [5, 5.41) is -0.0416. The number of nitrogens with one attached hydrogen (secondary N) is 1. The van der Waals surface area contributed by atoms with Crippen molar-refractivity contribution in [3.8, 4) is 0 Å². The average molecular weight is 193 g/mol.